The fraction of sp³-hybridized carbons (Fsp3) is 0.0435. The van der Waals surface area contributed by atoms with Crippen LogP contribution in [0.15, 0.2) is 72.8 Å². The summed E-state index contributed by atoms with van der Waals surface area (Å²) in [5.41, 5.74) is 2.16. The predicted molar refractivity (Wildman–Crippen MR) is 104 cm³/mol. The number of ether oxygens (including phenoxy) is 2. The maximum absolute atomic E-state index is 13.0. The minimum Gasteiger partial charge on any atom is -0.497 e. The van der Waals surface area contributed by atoms with Gasteiger partial charge in [0, 0.05) is 0 Å². The van der Waals surface area contributed by atoms with Crippen molar-refractivity contribution >= 4 is 17.6 Å². The van der Waals surface area contributed by atoms with E-state index in [0.29, 0.717) is 22.6 Å². The second-order valence-electron chi connectivity index (χ2n) is 5.87. The topological polar surface area (TPSA) is 59.3 Å². The molecule has 0 fully saturated rings. The Morgan fingerprint density at radius 2 is 1.64 bits per heavy atom. The summed E-state index contributed by atoms with van der Waals surface area (Å²) in [6, 6.07) is 21.3. The molecule has 0 aliphatic heterocycles. The van der Waals surface area contributed by atoms with Crippen LogP contribution in [-0.2, 0) is 0 Å². The Morgan fingerprint density at radius 3 is 2.29 bits per heavy atom. The van der Waals surface area contributed by atoms with Crippen LogP contribution in [-0.4, -0.2) is 13.1 Å². The van der Waals surface area contributed by atoms with Crippen LogP contribution in [0.2, 0.25) is 0 Å². The number of carbonyl (C=O) groups excluding carboxylic acids is 1. The van der Waals surface area contributed by atoms with Crippen molar-refractivity contribution in [1.82, 2.24) is 0 Å². The van der Waals surface area contributed by atoms with Gasteiger partial charge in [-0.1, -0.05) is 12.1 Å². The van der Waals surface area contributed by atoms with Crippen LogP contribution in [0.1, 0.15) is 21.5 Å². The van der Waals surface area contributed by atoms with Gasteiger partial charge in [-0.25, -0.2) is 9.18 Å². The lowest BCUT2D eigenvalue weighted by molar-refractivity contribution is 0.0734. The van der Waals surface area contributed by atoms with Crippen molar-refractivity contribution in [1.29, 1.82) is 5.26 Å². The summed E-state index contributed by atoms with van der Waals surface area (Å²) in [4.78, 5) is 12.2. The van der Waals surface area contributed by atoms with Crippen LogP contribution in [0, 0.1) is 17.1 Å². The molecule has 0 saturated carbocycles. The van der Waals surface area contributed by atoms with E-state index in [1.54, 1.807) is 61.7 Å². The second-order valence-corrected chi connectivity index (χ2v) is 5.87. The zero-order chi connectivity index (χ0) is 19.9. The van der Waals surface area contributed by atoms with Gasteiger partial charge in [0.25, 0.3) is 0 Å². The van der Waals surface area contributed by atoms with Crippen LogP contribution in [0.5, 0.6) is 11.5 Å². The van der Waals surface area contributed by atoms with Crippen LogP contribution < -0.4 is 9.47 Å². The molecule has 5 heteroatoms. The first kappa shape index (κ1) is 18.9. The number of nitriles is 1. The Balaban J connectivity index is 1.81. The highest BCUT2D eigenvalue weighted by Gasteiger charge is 2.09. The van der Waals surface area contributed by atoms with E-state index in [9.17, 15) is 14.4 Å². The van der Waals surface area contributed by atoms with Crippen molar-refractivity contribution in [2.45, 2.75) is 0 Å². The molecule has 0 unspecified atom stereocenters. The molecule has 0 heterocycles. The van der Waals surface area contributed by atoms with Crippen LogP contribution in [0.3, 0.4) is 0 Å². The Kier molecular flexibility index (Phi) is 5.83. The van der Waals surface area contributed by atoms with Crippen molar-refractivity contribution in [3.05, 3.63) is 95.3 Å². The summed E-state index contributed by atoms with van der Waals surface area (Å²) in [5.74, 6) is 0.0221. The van der Waals surface area contributed by atoms with Gasteiger partial charge in [-0.15, -0.1) is 0 Å². The Morgan fingerprint density at radius 1 is 0.964 bits per heavy atom. The van der Waals surface area contributed by atoms with Crippen molar-refractivity contribution < 1.29 is 18.7 Å². The first-order chi connectivity index (χ1) is 13.6. The molecule has 0 radical (unpaired) electrons. The summed E-state index contributed by atoms with van der Waals surface area (Å²) in [5, 5.41) is 9.49. The third-order valence-corrected chi connectivity index (χ3v) is 3.98. The van der Waals surface area contributed by atoms with Gasteiger partial charge >= 0.3 is 5.97 Å². The molecule has 4 nitrogen and oxygen atoms in total. The number of halogens is 1. The number of benzene rings is 3. The fourth-order valence-corrected chi connectivity index (χ4v) is 2.54. The van der Waals surface area contributed by atoms with Crippen LogP contribution in [0.4, 0.5) is 4.39 Å². The molecule has 3 aromatic carbocycles. The van der Waals surface area contributed by atoms with Crippen molar-refractivity contribution in [3.8, 4) is 17.6 Å². The average Bonchev–Trinajstić information content (AvgIpc) is 2.73. The number of rotatable bonds is 5. The number of hydrogen-bond donors (Lipinski definition) is 0. The van der Waals surface area contributed by atoms with Gasteiger partial charge in [0.2, 0.25) is 0 Å². The molecule has 0 bridgehead atoms. The van der Waals surface area contributed by atoms with Crippen molar-refractivity contribution in [3.63, 3.8) is 0 Å². The predicted octanol–water partition coefficient (Wildman–Crippen LogP) is 5.12. The lowest BCUT2D eigenvalue weighted by Crippen LogP contribution is -2.08. The third-order valence-electron chi connectivity index (χ3n) is 3.98. The van der Waals surface area contributed by atoms with Crippen LogP contribution in [0.25, 0.3) is 11.6 Å². The molecule has 0 aliphatic carbocycles. The van der Waals surface area contributed by atoms with E-state index in [1.165, 1.54) is 24.3 Å². The SMILES string of the molecule is COc1ccc(/C(C#N)=C\c2cccc(OC(=O)c3ccc(F)cc3)c2)cc1. The van der Waals surface area contributed by atoms with E-state index in [4.69, 9.17) is 9.47 Å². The minimum atomic E-state index is -0.586. The van der Waals surface area contributed by atoms with Gasteiger partial charge < -0.3 is 9.47 Å². The van der Waals surface area contributed by atoms with E-state index in [2.05, 4.69) is 6.07 Å². The molecule has 3 aromatic rings. The lowest BCUT2D eigenvalue weighted by Gasteiger charge is -2.06. The maximum Gasteiger partial charge on any atom is 0.343 e. The fourth-order valence-electron chi connectivity index (χ4n) is 2.54. The largest absolute Gasteiger partial charge is 0.497 e. The summed E-state index contributed by atoms with van der Waals surface area (Å²) in [6.07, 6.45) is 1.71. The summed E-state index contributed by atoms with van der Waals surface area (Å²) in [6.45, 7) is 0. The van der Waals surface area contributed by atoms with Gasteiger partial charge in [0.1, 0.15) is 17.3 Å². The first-order valence-corrected chi connectivity index (χ1v) is 8.43. The number of esters is 1. The van der Waals surface area contributed by atoms with Gasteiger partial charge in [0.15, 0.2) is 0 Å². The molecular formula is C23H16FNO3. The highest BCUT2D eigenvalue weighted by atomic mass is 19.1. The number of carbonyl (C=O) groups is 1. The molecule has 0 aromatic heterocycles. The van der Waals surface area contributed by atoms with E-state index in [-0.39, 0.29) is 5.56 Å². The molecule has 0 saturated heterocycles. The molecule has 0 aliphatic rings. The average molecular weight is 373 g/mol. The maximum atomic E-state index is 13.0. The van der Waals surface area contributed by atoms with Gasteiger partial charge in [0.05, 0.1) is 24.3 Å². The van der Waals surface area contributed by atoms with Crippen molar-refractivity contribution in [2.75, 3.05) is 7.11 Å². The van der Waals surface area contributed by atoms with Gasteiger partial charge in [-0.2, -0.15) is 5.26 Å². The number of allylic oxidation sites excluding steroid dienone is 1. The smallest absolute Gasteiger partial charge is 0.343 e. The molecule has 3 rings (SSSR count). The summed E-state index contributed by atoms with van der Waals surface area (Å²) >= 11 is 0. The highest BCUT2D eigenvalue weighted by Crippen LogP contribution is 2.23. The Labute approximate surface area is 162 Å². The standard InChI is InChI=1S/C23H16FNO3/c1-27-21-11-7-17(8-12-21)19(15-25)13-16-3-2-4-22(14-16)28-23(26)18-5-9-20(24)10-6-18/h2-14H,1H3/b19-13-. The van der Waals surface area contributed by atoms with Crippen molar-refractivity contribution in [2.24, 2.45) is 0 Å². The van der Waals surface area contributed by atoms with E-state index >= 15 is 0 Å². The normalized spacial score (nSPS) is 10.8. The monoisotopic (exact) mass is 373 g/mol. The number of methoxy groups -OCH3 is 1. The molecule has 0 N–H and O–H groups in total. The summed E-state index contributed by atoms with van der Waals surface area (Å²) in [7, 11) is 1.58. The molecule has 0 amide bonds. The Hall–Kier alpha value is -3.91. The lowest BCUT2D eigenvalue weighted by atomic mass is 10.0. The quantitative estimate of drug-likeness (QED) is 0.270. The van der Waals surface area contributed by atoms with Gasteiger partial charge in [-0.3, -0.25) is 0 Å². The molecule has 138 valence electrons. The van der Waals surface area contributed by atoms with E-state index in [0.717, 1.165) is 5.56 Å². The van der Waals surface area contributed by atoms with Gasteiger partial charge in [-0.05, 0) is 77.9 Å². The Bertz CT molecular complexity index is 1050. The summed E-state index contributed by atoms with van der Waals surface area (Å²) < 4.78 is 23.4. The van der Waals surface area contributed by atoms with E-state index < -0.39 is 11.8 Å². The zero-order valence-electron chi connectivity index (χ0n) is 15.1. The zero-order valence-corrected chi connectivity index (χ0v) is 15.1. The minimum absolute atomic E-state index is 0.248. The van der Waals surface area contributed by atoms with E-state index in [1.807, 2.05) is 0 Å². The third kappa shape index (κ3) is 4.63. The first-order valence-electron chi connectivity index (χ1n) is 8.43. The highest BCUT2D eigenvalue weighted by molar-refractivity contribution is 5.92. The second kappa shape index (κ2) is 8.65. The number of nitrogens with zero attached hydrogens (tertiary/aromatic N) is 1. The number of hydrogen-bond acceptors (Lipinski definition) is 4. The van der Waals surface area contributed by atoms with Crippen LogP contribution >= 0.6 is 0 Å². The molecule has 0 atom stereocenters. The molecular weight excluding hydrogens is 357 g/mol. The molecule has 28 heavy (non-hydrogen) atoms. The molecule has 0 spiro atoms.